The van der Waals surface area contributed by atoms with Crippen molar-refractivity contribution in [3.63, 3.8) is 0 Å². The van der Waals surface area contributed by atoms with Gasteiger partial charge in [-0.2, -0.15) is 13.2 Å². The van der Waals surface area contributed by atoms with Crippen LogP contribution in [0.15, 0.2) is 12.1 Å². The van der Waals surface area contributed by atoms with E-state index in [1.165, 1.54) is 13.2 Å². The van der Waals surface area contributed by atoms with Crippen molar-refractivity contribution < 1.29 is 22.3 Å². The lowest BCUT2D eigenvalue weighted by atomic mass is 9.93. The molecular formula is C14H16F4O. The highest BCUT2D eigenvalue weighted by Crippen LogP contribution is 2.48. The predicted molar refractivity (Wildman–Crippen MR) is 63.8 cm³/mol. The third-order valence-corrected chi connectivity index (χ3v) is 3.91. The molecule has 5 heteroatoms. The van der Waals surface area contributed by atoms with E-state index in [1.807, 2.05) is 0 Å². The van der Waals surface area contributed by atoms with Gasteiger partial charge in [-0.05, 0) is 43.7 Å². The van der Waals surface area contributed by atoms with E-state index in [-0.39, 0.29) is 18.8 Å². The molecule has 2 rings (SSSR count). The second-order valence-electron chi connectivity index (χ2n) is 5.04. The molecule has 1 aliphatic carbocycles. The lowest BCUT2D eigenvalue weighted by Gasteiger charge is -2.18. The first-order chi connectivity index (χ1) is 8.84. The summed E-state index contributed by atoms with van der Waals surface area (Å²) >= 11 is 0. The minimum absolute atomic E-state index is 0.0604. The highest BCUT2D eigenvalue weighted by molar-refractivity contribution is 5.44. The van der Waals surface area contributed by atoms with Gasteiger partial charge < -0.3 is 4.74 Å². The molecule has 1 nitrogen and oxygen atoms in total. The fraction of sp³-hybridized carbons (Fsp3) is 0.571. The first-order valence-electron chi connectivity index (χ1n) is 6.24. The summed E-state index contributed by atoms with van der Waals surface area (Å²) in [6.07, 6.45) is -3.48. The van der Waals surface area contributed by atoms with E-state index in [1.54, 1.807) is 13.0 Å². The van der Waals surface area contributed by atoms with Gasteiger partial charge in [-0.25, -0.2) is 4.39 Å². The molecule has 19 heavy (non-hydrogen) atoms. The van der Waals surface area contributed by atoms with Crippen LogP contribution in [0.2, 0.25) is 0 Å². The Bertz CT molecular complexity index is 467. The van der Waals surface area contributed by atoms with Gasteiger partial charge in [0.2, 0.25) is 0 Å². The molecule has 0 amide bonds. The minimum Gasteiger partial charge on any atom is -0.496 e. The summed E-state index contributed by atoms with van der Waals surface area (Å²) in [5.74, 6) is -1.48. The van der Waals surface area contributed by atoms with Crippen LogP contribution in [0.1, 0.15) is 36.3 Å². The zero-order chi connectivity index (χ0) is 14.2. The molecule has 1 saturated carbocycles. The van der Waals surface area contributed by atoms with Crippen LogP contribution >= 0.6 is 0 Å². The van der Waals surface area contributed by atoms with E-state index in [0.717, 1.165) is 0 Å². The van der Waals surface area contributed by atoms with Crippen LogP contribution in [0.25, 0.3) is 0 Å². The van der Waals surface area contributed by atoms with Crippen LogP contribution < -0.4 is 4.74 Å². The molecule has 1 aliphatic rings. The van der Waals surface area contributed by atoms with E-state index >= 15 is 0 Å². The Morgan fingerprint density at radius 2 is 1.89 bits per heavy atom. The standard InChI is InChI=1S/C14H16F4O/c1-8-12(15)6-5-11(13(8)19-2)9-3-4-10(7-9)14(16,17)18/h5-6,9-10H,3-4,7H2,1-2H3. The Morgan fingerprint density at radius 3 is 2.42 bits per heavy atom. The molecule has 0 spiro atoms. The SMILES string of the molecule is COc1c(C2CCC(C(F)(F)F)C2)ccc(F)c1C. The van der Waals surface area contributed by atoms with Crippen LogP contribution in [0.4, 0.5) is 17.6 Å². The Morgan fingerprint density at radius 1 is 1.21 bits per heavy atom. The van der Waals surface area contributed by atoms with Crippen LogP contribution in [0, 0.1) is 18.7 Å². The number of benzene rings is 1. The van der Waals surface area contributed by atoms with Crippen molar-refractivity contribution in [3.05, 3.63) is 29.1 Å². The maximum absolute atomic E-state index is 13.4. The Labute approximate surface area is 109 Å². The lowest BCUT2D eigenvalue weighted by Crippen LogP contribution is -2.19. The van der Waals surface area contributed by atoms with Crippen LogP contribution in [-0.4, -0.2) is 13.3 Å². The fourth-order valence-corrected chi connectivity index (χ4v) is 2.84. The maximum atomic E-state index is 13.4. The largest absolute Gasteiger partial charge is 0.496 e. The summed E-state index contributed by atoms with van der Waals surface area (Å²) in [6, 6.07) is 2.85. The van der Waals surface area contributed by atoms with Gasteiger partial charge in [-0.15, -0.1) is 0 Å². The summed E-state index contributed by atoms with van der Waals surface area (Å²) in [5, 5.41) is 0. The third-order valence-electron chi connectivity index (χ3n) is 3.91. The molecular weight excluding hydrogens is 260 g/mol. The lowest BCUT2D eigenvalue weighted by molar-refractivity contribution is -0.172. The number of hydrogen-bond acceptors (Lipinski definition) is 1. The molecule has 0 saturated heterocycles. The van der Waals surface area contributed by atoms with Crippen molar-refractivity contribution in [2.45, 2.75) is 38.3 Å². The van der Waals surface area contributed by atoms with Gasteiger partial charge in [0.05, 0.1) is 13.0 Å². The topological polar surface area (TPSA) is 9.23 Å². The fourth-order valence-electron chi connectivity index (χ4n) is 2.84. The predicted octanol–water partition coefficient (Wildman–Crippen LogP) is 4.59. The summed E-state index contributed by atoms with van der Waals surface area (Å²) in [4.78, 5) is 0. The normalized spacial score (nSPS) is 23.7. The van der Waals surface area contributed by atoms with Crippen molar-refractivity contribution in [1.82, 2.24) is 0 Å². The Hall–Kier alpha value is -1.26. The summed E-state index contributed by atoms with van der Waals surface area (Å²) in [5.41, 5.74) is 1.05. The van der Waals surface area contributed by atoms with E-state index in [4.69, 9.17) is 4.74 Å². The van der Waals surface area contributed by atoms with Gasteiger partial charge in [0, 0.05) is 5.56 Å². The van der Waals surface area contributed by atoms with Gasteiger partial charge >= 0.3 is 6.18 Å². The molecule has 1 fully saturated rings. The van der Waals surface area contributed by atoms with Crippen molar-refractivity contribution in [2.75, 3.05) is 7.11 Å². The monoisotopic (exact) mass is 276 g/mol. The number of halogens is 4. The molecule has 2 unspecified atom stereocenters. The van der Waals surface area contributed by atoms with E-state index in [2.05, 4.69) is 0 Å². The molecule has 1 aromatic carbocycles. The number of alkyl halides is 3. The molecule has 0 aromatic heterocycles. The molecule has 0 bridgehead atoms. The van der Waals surface area contributed by atoms with E-state index in [9.17, 15) is 17.6 Å². The quantitative estimate of drug-likeness (QED) is 0.718. The van der Waals surface area contributed by atoms with Gasteiger partial charge in [0.1, 0.15) is 11.6 Å². The second-order valence-corrected chi connectivity index (χ2v) is 5.04. The first kappa shape index (κ1) is 14.2. The van der Waals surface area contributed by atoms with Crippen LogP contribution in [-0.2, 0) is 0 Å². The molecule has 0 N–H and O–H groups in total. The van der Waals surface area contributed by atoms with E-state index in [0.29, 0.717) is 23.3 Å². The molecule has 106 valence electrons. The number of ether oxygens (including phenoxy) is 1. The number of hydrogen-bond donors (Lipinski definition) is 0. The van der Waals surface area contributed by atoms with Crippen molar-refractivity contribution in [1.29, 1.82) is 0 Å². The molecule has 0 aliphatic heterocycles. The Balaban J connectivity index is 2.27. The smallest absolute Gasteiger partial charge is 0.391 e. The number of rotatable bonds is 2. The molecule has 0 heterocycles. The van der Waals surface area contributed by atoms with Crippen LogP contribution in [0.3, 0.4) is 0 Å². The average molecular weight is 276 g/mol. The average Bonchev–Trinajstić information content (AvgIpc) is 2.81. The molecule has 0 radical (unpaired) electrons. The Kier molecular flexibility index (Phi) is 3.74. The van der Waals surface area contributed by atoms with Gasteiger partial charge in [0.25, 0.3) is 0 Å². The number of methoxy groups -OCH3 is 1. The zero-order valence-corrected chi connectivity index (χ0v) is 10.9. The highest BCUT2D eigenvalue weighted by atomic mass is 19.4. The summed E-state index contributed by atoms with van der Waals surface area (Å²) < 4.78 is 56.7. The first-order valence-corrected chi connectivity index (χ1v) is 6.24. The molecule has 2 atom stereocenters. The van der Waals surface area contributed by atoms with E-state index < -0.39 is 17.9 Å². The van der Waals surface area contributed by atoms with Crippen molar-refractivity contribution in [2.24, 2.45) is 5.92 Å². The zero-order valence-electron chi connectivity index (χ0n) is 10.9. The summed E-state index contributed by atoms with van der Waals surface area (Å²) in [6.45, 7) is 1.58. The van der Waals surface area contributed by atoms with Crippen molar-refractivity contribution in [3.8, 4) is 5.75 Å². The maximum Gasteiger partial charge on any atom is 0.391 e. The third kappa shape index (κ3) is 2.69. The molecule has 1 aromatic rings. The minimum atomic E-state index is -4.14. The second kappa shape index (κ2) is 5.02. The van der Waals surface area contributed by atoms with Crippen molar-refractivity contribution >= 4 is 0 Å². The highest BCUT2D eigenvalue weighted by Gasteiger charge is 2.44. The van der Waals surface area contributed by atoms with Gasteiger partial charge in [-0.1, -0.05) is 6.07 Å². The van der Waals surface area contributed by atoms with Crippen LogP contribution in [0.5, 0.6) is 5.75 Å². The van der Waals surface area contributed by atoms with Gasteiger partial charge in [0.15, 0.2) is 0 Å². The summed E-state index contributed by atoms with van der Waals surface area (Å²) in [7, 11) is 1.42. The van der Waals surface area contributed by atoms with Gasteiger partial charge in [-0.3, -0.25) is 0 Å².